The number of nitrogens with one attached hydrogen (secondary N) is 1. The maximum atomic E-state index is 10.9. The Morgan fingerprint density at radius 2 is 2.25 bits per heavy atom. The molecule has 1 unspecified atom stereocenters. The fourth-order valence-corrected chi connectivity index (χ4v) is 1.05. The van der Waals surface area contributed by atoms with Crippen molar-refractivity contribution in [1.82, 2.24) is 5.32 Å². The molecule has 0 spiro atoms. The van der Waals surface area contributed by atoms with E-state index in [1.54, 1.807) is 0 Å². The number of rotatable bonds is 2. The Kier molecular flexibility index (Phi) is 2.07. The van der Waals surface area contributed by atoms with E-state index in [9.17, 15) is 9.59 Å². The summed E-state index contributed by atoms with van der Waals surface area (Å²) in [5.41, 5.74) is 3.79. The molecule has 12 heavy (non-hydrogen) atoms. The van der Waals surface area contributed by atoms with Crippen molar-refractivity contribution in [3.8, 4) is 0 Å². The minimum absolute atomic E-state index is 0.338. The van der Waals surface area contributed by atoms with Crippen LogP contribution in [0.4, 0.5) is 0 Å². The molecule has 0 aromatic heterocycles. The minimum atomic E-state index is -1.29. The topological polar surface area (TPSA) is 96.9 Å². The molecule has 0 radical (unpaired) electrons. The van der Waals surface area contributed by atoms with Gasteiger partial charge in [0.1, 0.15) is 0 Å². The molecule has 0 bridgehead atoms. The van der Waals surface area contributed by atoms with Gasteiger partial charge in [-0.1, -0.05) is 0 Å². The number of hydrogen-bond acceptors (Lipinski definition) is 4. The molecule has 0 aromatic rings. The highest BCUT2D eigenvalue weighted by molar-refractivity contribution is 5.89. The highest BCUT2D eigenvalue weighted by Crippen LogP contribution is 2.18. The third-order valence-electron chi connectivity index (χ3n) is 1.61. The van der Waals surface area contributed by atoms with Gasteiger partial charge >= 0.3 is 0 Å². The summed E-state index contributed by atoms with van der Waals surface area (Å²) in [6, 6.07) is 0. The molecule has 1 atom stereocenters. The Balaban J connectivity index is 2.80. The van der Waals surface area contributed by atoms with Crippen LogP contribution in [0.5, 0.6) is 0 Å². The smallest absolute Gasteiger partial charge is 0.267 e. The third kappa shape index (κ3) is 1.41. The Labute approximate surface area is 69.2 Å². The van der Waals surface area contributed by atoms with Gasteiger partial charge in [-0.15, -0.1) is 0 Å². The van der Waals surface area contributed by atoms with E-state index in [2.05, 4.69) is 15.5 Å². The van der Waals surface area contributed by atoms with Crippen LogP contribution in [0.25, 0.3) is 0 Å². The first-order chi connectivity index (χ1) is 5.57. The summed E-state index contributed by atoms with van der Waals surface area (Å²) < 4.78 is 0. The zero-order valence-corrected chi connectivity index (χ0v) is 6.70. The molecule has 0 saturated heterocycles. The molecule has 66 valence electrons. The Morgan fingerprint density at radius 3 is 2.58 bits per heavy atom. The van der Waals surface area contributed by atoms with E-state index in [1.807, 2.05) is 0 Å². The van der Waals surface area contributed by atoms with Gasteiger partial charge in [0.25, 0.3) is 5.91 Å². The number of carbonyl (C=O) groups is 2. The van der Waals surface area contributed by atoms with Gasteiger partial charge in [-0.25, -0.2) is 0 Å². The molecule has 0 fully saturated rings. The molecule has 2 amide bonds. The standard InChI is InChI=1S/C6H10N4O2/c1-4(11)9-6(5(7)12)2-3-8-10-6/h2-3H2,1H3,(H2,7,12)(H,9,11). The van der Waals surface area contributed by atoms with E-state index in [4.69, 9.17) is 5.73 Å². The number of nitrogens with two attached hydrogens (primary N) is 1. The van der Waals surface area contributed by atoms with Gasteiger partial charge in [-0.05, 0) is 0 Å². The number of carbonyl (C=O) groups excluding carboxylic acids is 2. The first kappa shape index (κ1) is 8.63. The maximum Gasteiger partial charge on any atom is 0.267 e. The molecule has 0 aromatic carbocycles. The minimum Gasteiger partial charge on any atom is -0.366 e. The van der Waals surface area contributed by atoms with Gasteiger partial charge in [-0.3, -0.25) is 9.59 Å². The lowest BCUT2D eigenvalue weighted by molar-refractivity contribution is -0.130. The highest BCUT2D eigenvalue weighted by Gasteiger charge is 2.40. The lowest BCUT2D eigenvalue weighted by Gasteiger charge is -2.20. The maximum absolute atomic E-state index is 10.9. The van der Waals surface area contributed by atoms with Crippen LogP contribution in [0.3, 0.4) is 0 Å². The summed E-state index contributed by atoms with van der Waals surface area (Å²) in [5.74, 6) is -1.01. The molecule has 1 aliphatic rings. The van der Waals surface area contributed by atoms with E-state index in [1.165, 1.54) is 6.92 Å². The Morgan fingerprint density at radius 1 is 1.58 bits per heavy atom. The van der Waals surface area contributed by atoms with Crippen LogP contribution in [0.1, 0.15) is 13.3 Å². The average Bonchev–Trinajstić information content (AvgIpc) is 2.35. The molecule has 6 nitrogen and oxygen atoms in total. The van der Waals surface area contributed by atoms with Crippen molar-refractivity contribution in [2.45, 2.75) is 19.0 Å². The van der Waals surface area contributed by atoms with Gasteiger partial charge in [-0.2, -0.15) is 10.2 Å². The largest absolute Gasteiger partial charge is 0.366 e. The second-order valence-corrected chi connectivity index (χ2v) is 2.62. The number of nitrogens with zero attached hydrogens (tertiary/aromatic N) is 2. The Bertz CT molecular complexity index is 250. The predicted molar refractivity (Wildman–Crippen MR) is 40.1 cm³/mol. The fraction of sp³-hybridized carbons (Fsp3) is 0.667. The molecular weight excluding hydrogens is 160 g/mol. The van der Waals surface area contributed by atoms with Crippen LogP contribution in [0.2, 0.25) is 0 Å². The second-order valence-electron chi connectivity index (χ2n) is 2.62. The summed E-state index contributed by atoms with van der Waals surface area (Å²) in [4.78, 5) is 21.6. The lowest BCUT2D eigenvalue weighted by atomic mass is 10.1. The van der Waals surface area contributed by atoms with Crippen molar-refractivity contribution in [1.29, 1.82) is 0 Å². The molecule has 1 heterocycles. The molecule has 1 aliphatic heterocycles. The quantitative estimate of drug-likeness (QED) is 0.565. The van der Waals surface area contributed by atoms with Crippen molar-refractivity contribution in [3.63, 3.8) is 0 Å². The van der Waals surface area contributed by atoms with Crippen molar-refractivity contribution in [2.24, 2.45) is 16.0 Å². The zero-order valence-electron chi connectivity index (χ0n) is 6.70. The van der Waals surface area contributed by atoms with Crippen LogP contribution in [0.15, 0.2) is 10.2 Å². The SMILES string of the molecule is CC(=O)NC1(C(N)=O)CCN=N1. The van der Waals surface area contributed by atoms with E-state index in [0.29, 0.717) is 13.0 Å². The molecule has 3 N–H and O–H groups in total. The number of primary amides is 1. The van der Waals surface area contributed by atoms with Crippen LogP contribution in [0, 0.1) is 0 Å². The van der Waals surface area contributed by atoms with E-state index < -0.39 is 11.6 Å². The van der Waals surface area contributed by atoms with Crippen molar-refractivity contribution in [2.75, 3.05) is 6.54 Å². The average molecular weight is 170 g/mol. The van der Waals surface area contributed by atoms with Gasteiger partial charge in [0.15, 0.2) is 0 Å². The number of azo groups is 1. The van der Waals surface area contributed by atoms with E-state index in [-0.39, 0.29) is 5.91 Å². The second kappa shape index (κ2) is 2.88. The number of hydrogen-bond donors (Lipinski definition) is 2. The van der Waals surface area contributed by atoms with Crippen LogP contribution < -0.4 is 11.1 Å². The van der Waals surface area contributed by atoms with Gasteiger partial charge < -0.3 is 11.1 Å². The molecule has 0 aliphatic carbocycles. The van der Waals surface area contributed by atoms with Crippen molar-refractivity contribution < 1.29 is 9.59 Å². The Hall–Kier alpha value is -1.46. The molecular formula is C6H10N4O2. The lowest BCUT2D eigenvalue weighted by Crippen LogP contribution is -2.54. The molecule has 0 saturated carbocycles. The third-order valence-corrected chi connectivity index (χ3v) is 1.61. The van der Waals surface area contributed by atoms with E-state index >= 15 is 0 Å². The molecule has 6 heteroatoms. The summed E-state index contributed by atoms with van der Waals surface area (Å²) in [6.45, 7) is 1.72. The zero-order chi connectivity index (χ0) is 9.19. The monoisotopic (exact) mass is 170 g/mol. The van der Waals surface area contributed by atoms with Crippen molar-refractivity contribution in [3.05, 3.63) is 0 Å². The van der Waals surface area contributed by atoms with Crippen molar-refractivity contribution >= 4 is 11.8 Å². The highest BCUT2D eigenvalue weighted by atomic mass is 16.2. The first-order valence-electron chi connectivity index (χ1n) is 3.54. The van der Waals surface area contributed by atoms with Crippen LogP contribution in [-0.4, -0.2) is 24.0 Å². The number of amides is 2. The van der Waals surface area contributed by atoms with Gasteiger partial charge in [0.2, 0.25) is 11.6 Å². The summed E-state index contributed by atoms with van der Waals surface area (Å²) in [7, 11) is 0. The summed E-state index contributed by atoms with van der Waals surface area (Å²) in [6.07, 6.45) is 0.349. The molecule has 1 rings (SSSR count). The first-order valence-corrected chi connectivity index (χ1v) is 3.54. The predicted octanol–water partition coefficient (Wildman–Crippen LogP) is -0.840. The van der Waals surface area contributed by atoms with E-state index in [0.717, 1.165) is 0 Å². The normalized spacial score (nSPS) is 27.1. The van der Waals surface area contributed by atoms with Crippen LogP contribution in [-0.2, 0) is 9.59 Å². The summed E-state index contributed by atoms with van der Waals surface area (Å²) >= 11 is 0. The summed E-state index contributed by atoms with van der Waals surface area (Å²) in [5, 5.41) is 9.63. The van der Waals surface area contributed by atoms with Gasteiger partial charge in [0, 0.05) is 13.3 Å². The van der Waals surface area contributed by atoms with Crippen LogP contribution >= 0.6 is 0 Å². The van der Waals surface area contributed by atoms with Gasteiger partial charge in [0.05, 0.1) is 6.54 Å². The fourth-order valence-electron chi connectivity index (χ4n) is 1.05.